The van der Waals surface area contributed by atoms with Gasteiger partial charge in [0.15, 0.2) is 0 Å². The highest BCUT2D eigenvalue weighted by Crippen LogP contribution is 2.15. The summed E-state index contributed by atoms with van der Waals surface area (Å²) >= 11 is 1.64. The fourth-order valence-corrected chi connectivity index (χ4v) is 1.40. The maximum atomic E-state index is 5.11. The lowest BCUT2D eigenvalue weighted by molar-refractivity contribution is 0.632. The van der Waals surface area contributed by atoms with Crippen LogP contribution in [0.25, 0.3) is 0 Å². The maximum Gasteiger partial charge on any atom is 0.0794 e. The summed E-state index contributed by atoms with van der Waals surface area (Å²) in [6, 6.07) is 0.318. The number of nitrogens with zero attached hydrogens (tertiary/aromatic N) is 1. The number of hydrogen-bond donors (Lipinski definition) is 1. The molecule has 0 fully saturated rings. The van der Waals surface area contributed by atoms with Crippen LogP contribution >= 0.6 is 11.3 Å². The van der Waals surface area contributed by atoms with Crippen LogP contribution in [0.1, 0.15) is 17.8 Å². The van der Waals surface area contributed by atoms with Crippen molar-refractivity contribution in [3.63, 3.8) is 0 Å². The van der Waals surface area contributed by atoms with Crippen molar-refractivity contribution < 1.29 is 0 Å². The molecule has 0 bridgehead atoms. The van der Waals surface area contributed by atoms with Crippen LogP contribution < -0.4 is 5.32 Å². The van der Waals surface area contributed by atoms with E-state index in [4.69, 9.17) is 6.42 Å². The molecule has 11 heavy (non-hydrogen) atoms. The SMILES string of the molecule is C#CCNC(C)c1cncs1. The van der Waals surface area contributed by atoms with Gasteiger partial charge in [0, 0.05) is 17.1 Å². The molecule has 2 nitrogen and oxygen atoms in total. The van der Waals surface area contributed by atoms with Gasteiger partial charge in [-0.05, 0) is 6.92 Å². The van der Waals surface area contributed by atoms with Crippen LogP contribution in [0.15, 0.2) is 11.7 Å². The van der Waals surface area contributed by atoms with Gasteiger partial charge in [0.05, 0.1) is 12.1 Å². The molecular formula is C8H10N2S. The maximum absolute atomic E-state index is 5.11. The van der Waals surface area contributed by atoms with E-state index in [2.05, 4.69) is 23.1 Å². The molecule has 0 saturated carbocycles. The van der Waals surface area contributed by atoms with Crippen molar-refractivity contribution in [2.24, 2.45) is 0 Å². The third-order valence-corrected chi connectivity index (χ3v) is 2.35. The highest BCUT2D eigenvalue weighted by atomic mass is 32.1. The van der Waals surface area contributed by atoms with Gasteiger partial charge in [-0.1, -0.05) is 5.92 Å². The number of hydrogen-bond acceptors (Lipinski definition) is 3. The summed E-state index contributed by atoms with van der Waals surface area (Å²) in [5.41, 5.74) is 1.82. The molecule has 0 aliphatic carbocycles. The third-order valence-electron chi connectivity index (χ3n) is 1.39. The Balaban J connectivity index is 2.44. The Bertz CT molecular complexity index is 235. The molecule has 1 aromatic rings. The summed E-state index contributed by atoms with van der Waals surface area (Å²) < 4.78 is 0. The van der Waals surface area contributed by atoms with E-state index < -0.39 is 0 Å². The Morgan fingerprint density at radius 2 is 2.73 bits per heavy atom. The normalized spacial score (nSPS) is 12.4. The van der Waals surface area contributed by atoms with E-state index in [0.29, 0.717) is 12.6 Å². The predicted octanol–water partition coefficient (Wildman–Crippen LogP) is 1.43. The molecule has 58 valence electrons. The summed E-state index contributed by atoms with van der Waals surface area (Å²) in [7, 11) is 0. The van der Waals surface area contributed by atoms with Crippen molar-refractivity contribution >= 4 is 11.3 Å². The predicted molar refractivity (Wildman–Crippen MR) is 47.4 cm³/mol. The average molecular weight is 166 g/mol. The molecule has 1 rings (SSSR count). The first-order chi connectivity index (χ1) is 5.34. The minimum atomic E-state index is 0.318. The molecular weight excluding hydrogens is 156 g/mol. The zero-order valence-corrected chi connectivity index (χ0v) is 7.19. The molecule has 0 aliphatic heterocycles. The molecule has 1 N–H and O–H groups in total. The Hall–Kier alpha value is -0.850. The molecule has 0 aliphatic rings. The van der Waals surface area contributed by atoms with Gasteiger partial charge < -0.3 is 0 Å². The van der Waals surface area contributed by atoms with Gasteiger partial charge in [-0.3, -0.25) is 10.3 Å². The topological polar surface area (TPSA) is 24.9 Å². The lowest BCUT2D eigenvalue weighted by Crippen LogP contribution is -2.17. The molecule has 1 heterocycles. The van der Waals surface area contributed by atoms with E-state index in [1.54, 1.807) is 11.3 Å². The van der Waals surface area contributed by atoms with Crippen molar-refractivity contribution in [3.05, 3.63) is 16.6 Å². The molecule has 3 heteroatoms. The van der Waals surface area contributed by atoms with Crippen molar-refractivity contribution in [1.82, 2.24) is 10.3 Å². The Kier molecular flexibility index (Phi) is 3.09. The molecule has 0 spiro atoms. The Labute approximate surface area is 70.7 Å². The van der Waals surface area contributed by atoms with Crippen LogP contribution in [-0.2, 0) is 0 Å². The van der Waals surface area contributed by atoms with Crippen molar-refractivity contribution in [3.8, 4) is 12.3 Å². The van der Waals surface area contributed by atoms with Crippen molar-refractivity contribution in [2.45, 2.75) is 13.0 Å². The van der Waals surface area contributed by atoms with E-state index in [1.807, 2.05) is 11.7 Å². The Morgan fingerprint density at radius 1 is 1.91 bits per heavy atom. The zero-order valence-electron chi connectivity index (χ0n) is 6.37. The number of nitrogens with one attached hydrogen (secondary N) is 1. The molecule has 0 aromatic carbocycles. The number of terminal acetylenes is 1. The lowest BCUT2D eigenvalue weighted by atomic mass is 10.3. The first kappa shape index (κ1) is 8.25. The van der Waals surface area contributed by atoms with E-state index in [-0.39, 0.29) is 0 Å². The molecule has 1 unspecified atom stereocenters. The monoisotopic (exact) mass is 166 g/mol. The van der Waals surface area contributed by atoms with Gasteiger partial charge >= 0.3 is 0 Å². The van der Waals surface area contributed by atoms with Crippen molar-refractivity contribution in [2.75, 3.05) is 6.54 Å². The van der Waals surface area contributed by atoms with E-state index in [0.717, 1.165) is 0 Å². The molecule has 0 saturated heterocycles. The summed E-state index contributed by atoms with van der Waals surface area (Å²) in [4.78, 5) is 5.20. The summed E-state index contributed by atoms with van der Waals surface area (Å²) in [5, 5.41) is 3.17. The van der Waals surface area contributed by atoms with E-state index >= 15 is 0 Å². The van der Waals surface area contributed by atoms with Crippen LogP contribution in [-0.4, -0.2) is 11.5 Å². The van der Waals surface area contributed by atoms with Crippen molar-refractivity contribution in [1.29, 1.82) is 0 Å². The molecule has 1 aromatic heterocycles. The van der Waals surface area contributed by atoms with Gasteiger partial charge in [0.25, 0.3) is 0 Å². The number of thiazole rings is 1. The third kappa shape index (κ3) is 2.34. The number of aromatic nitrogens is 1. The molecule has 1 atom stereocenters. The minimum absolute atomic E-state index is 0.318. The Morgan fingerprint density at radius 3 is 3.27 bits per heavy atom. The van der Waals surface area contributed by atoms with Gasteiger partial charge in [0.2, 0.25) is 0 Å². The zero-order chi connectivity index (χ0) is 8.10. The van der Waals surface area contributed by atoms with Crippen LogP contribution in [0.5, 0.6) is 0 Å². The van der Waals surface area contributed by atoms with Gasteiger partial charge in [-0.2, -0.15) is 0 Å². The van der Waals surface area contributed by atoms with Crippen LogP contribution in [0.3, 0.4) is 0 Å². The highest BCUT2D eigenvalue weighted by Gasteiger charge is 2.03. The second-order valence-electron chi connectivity index (χ2n) is 2.21. The first-order valence-corrected chi connectivity index (χ1v) is 4.28. The summed E-state index contributed by atoms with van der Waals surface area (Å²) in [5.74, 6) is 2.53. The molecule has 0 radical (unpaired) electrons. The lowest BCUT2D eigenvalue weighted by Gasteiger charge is -2.07. The number of rotatable bonds is 3. The fourth-order valence-electron chi connectivity index (χ4n) is 0.752. The quantitative estimate of drug-likeness (QED) is 0.687. The van der Waals surface area contributed by atoms with Crippen LogP contribution in [0.2, 0.25) is 0 Å². The summed E-state index contributed by atoms with van der Waals surface area (Å²) in [6.07, 6.45) is 6.97. The molecule has 0 amide bonds. The minimum Gasteiger partial charge on any atom is -0.299 e. The van der Waals surface area contributed by atoms with E-state index in [9.17, 15) is 0 Å². The summed E-state index contributed by atoms with van der Waals surface area (Å²) in [6.45, 7) is 2.68. The van der Waals surface area contributed by atoms with Gasteiger partial charge in [0.1, 0.15) is 0 Å². The van der Waals surface area contributed by atoms with Gasteiger partial charge in [-0.25, -0.2) is 0 Å². The van der Waals surface area contributed by atoms with Crippen LogP contribution in [0, 0.1) is 12.3 Å². The fraction of sp³-hybridized carbons (Fsp3) is 0.375. The second kappa shape index (κ2) is 4.12. The largest absolute Gasteiger partial charge is 0.299 e. The van der Waals surface area contributed by atoms with Gasteiger partial charge in [-0.15, -0.1) is 17.8 Å². The second-order valence-corrected chi connectivity index (χ2v) is 3.13. The first-order valence-electron chi connectivity index (χ1n) is 3.40. The highest BCUT2D eigenvalue weighted by molar-refractivity contribution is 7.09. The van der Waals surface area contributed by atoms with Crippen LogP contribution in [0.4, 0.5) is 0 Å². The smallest absolute Gasteiger partial charge is 0.0794 e. The standard InChI is InChI=1S/C8H10N2S/c1-3-4-10-7(2)8-5-9-6-11-8/h1,5-7,10H,4H2,2H3. The average Bonchev–Trinajstić information content (AvgIpc) is 2.52. The van der Waals surface area contributed by atoms with E-state index in [1.165, 1.54) is 4.88 Å².